The molecule has 2 rings (SSSR count). The molecule has 0 saturated heterocycles. The summed E-state index contributed by atoms with van der Waals surface area (Å²) in [6.07, 6.45) is 6.00. The first-order valence-corrected chi connectivity index (χ1v) is 6.55. The molecule has 1 aromatic rings. The highest BCUT2D eigenvalue weighted by Crippen LogP contribution is 2.25. The van der Waals surface area contributed by atoms with Gasteiger partial charge in [-0.3, -0.25) is 0 Å². The van der Waals surface area contributed by atoms with Crippen LogP contribution in [0.15, 0.2) is 30.3 Å². The van der Waals surface area contributed by atoms with Crippen LogP contribution in [0.25, 0.3) is 0 Å². The Morgan fingerprint density at radius 3 is 2.59 bits per heavy atom. The van der Waals surface area contributed by atoms with Crippen molar-refractivity contribution in [2.45, 2.75) is 38.1 Å². The van der Waals surface area contributed by atoms with E-state index in [9.17, 15) is 0 Å². The number of nitrogens with zero attached hydrogens (tertiary/aromatic N) is 1. The highest BCUT2D eigenvalue weighted by molar-refractivity contribution is 5.19. The Balaban J connectivity index is 1.91. The van der Waals surface area contributed by atoms with Crippen LogP contribution < -0.4 is 5.32 Å². The summed E-state index contributed by atoms with van der Waals surface area (Å²) in [5.41, 5.74) is 1.23. The lowest BCUT2D eigenvalue weighted by molar-refractivity contribution is 0.440. The highest BCUT2D eigenvalue weighted by Gasteiger charge is 2.17. The number of hydrogen-bond acceptors (Lipinski definition) is 2. The number of nitriles is 1. The van der Waals surface area contributed by atoms with E-state index in [0.717, 1.165) is 12.5 Å². The second-order valence-electron chi connectivity index (χ2n) is 4.88. The predicted octanol–water partition coefficient (Wildman–Crippen LogP) is 3.42. The Kier molecular flexibility index (Phi) is 4.58. The number of hydrogen-bond donors (Lipinski definition) is 1. The largest absolute Gasteiger partial charge is 0.309 e. The Morgan fingerprint density at radius 2 is 1.94 bits per heavy atom. The van der Waals surface area contributed by atoms with E-state index in [1.807, 2.05) is 18.2 Å². The lowest BCUT2D eigenvalue weighted by atomic mass is 10.0. The Morgan fingerprint density at radius 1 is 1.24 bits per heavy atom. The molecule has 0 aromatic heterocycles. The van der Waals surface area contributed by atoms with Crippen molar-refractivity contribution in [2.75, 3.05) is 6.54 Å². The standard InChI is InChI=1S/C15H20N2/c16-11-10-15(14-8-2-1-3-9-14)17-12-13-6-4-5-7-13/h1-3,8-9,13,15,17H,4-7,10,12H2. The Hall–Kier alpha value is -1.33. The third-order valence-electron chi connectivity index (χ3n) is 3.63. The van der Waals surface area contributed by atoms with Crippen molar-refractivity contribution in [3.8, 4) is 6.07 Å². The first-order chi connectivity index (χ1) is 8.40. The van der Waals surface area contributed by atoms with Gasteiger partial charge in [0.25, 0.3) is 0 Å². The summed E-state index contributed by atoms with van der Waals surface area (Å²) in [6, 6.07) is 12.8. The van der Waals surface area contributed by atoms with Gasteiger partial charge >= 0.3 is 0 Å². The summed E-state index contributed by atoms with van der Waals surface area (Å²) in [7, 11) is 0. The van der Waals surface area contributed by atoms with Gasteiger partial charge in [0.1, 0.15) is 0 Å². The van der Waals surface area contributed by atoms with Gasteiger partial charge in [0.2, 0.25) is 0 Å². The molecule has 0 amide bonds. The fourth-order valence-electron chi connectivity index (χ4n) is 2.61. The number of benzene rings is 1. The molecule has 0 bridgehead atoms. The molecule has 0 radical (unpaired) electrons. The van der Waals surface area contributed by atoms with Crippen molar-refractivity contribution >= 4 is 0 Å². The van der Waals surface area contributed by atoms with Crippen LogP contribution in [-0.4, -0.2) is 6.54 Å². The number of rotatable bonds is 5. The third kappa shape index (κ3) is 3.57. The molecule has 2 heteroatoms. The average molecular weight is 228 g/mol. The second-order valence-corrected chi connectivity index (χ2v) is 4.88. The molecule has 1 aliphatic rings. The Labute approximate surface area is 104 Å². The van der Waals surface area contributed by atoms with E-state index in [-0.39, 0.29) is 6.04 Å². The maximum Gasteiger partial charge on any atom is 0.0641 e. The first kappa shape index (κ1) is 12.1. The van der Waals surface area contributed by atoms with Crippen LogP contribution in [0, 0.1) is 17.2 Å². The van der Waals surface area contributed by atoms with E-state index in [2.05, 4.69) is 23.5 Å². The lowest BCUT2D eigenvalue weighted by Gasteiger charge is -2.19. The molecule has 0 heterocycles. The molecule has 0 aliphatic heterocycles. The summed E-state index contributed by atoms with van der Waals surface area (Å²) >= 11 is 0. The minimum absolute atomic E-state index is 0.196. The van der Waals surface area contributed by atoms with Crippen LogP contribution in [0.4, 0.5) is 0 Å². The van der Waals surface area contributed by atoms with Gasteiger partial charge in [-0.2, -0.15) is 5.26 Å². The number of nitrogens with one attached hydrogen (secondary N) is 1. The molecule has 1 aliphatic carbocycles. The second kappa shape index (κ2) is 6.42. The SMILES string of the molecule is N#CCC(NCC1CCCC1)c1ccccc1. The summed E-state index contributed by atoms with van der Waals surface area (Å²) in [4.78, 5) is 0. The van der Waals surface area contributed by atoms with E-state index in [0.29, 0.717) is 6.42 Å². The molecular weight excluding hydrogens is 208 g/mol. The van der Waals surface area contributed by atoms with E-state index in [1.54, 1.807) is 0 Å². The van der Waals surface area contributed by atoms with E-state index in [1.165, 1.54) is 31.2 Å². The van der Waals surface area contributed by atoms with Crippen molar-refractivity contribution in [2.24, 2.45) is 5.92 Å². The van der Waals surface area contributed by atoms with Crippen molar-refractivity contribution < 1.29 is 0 Å². The molecule has 0 spiro atoms. The molecule has 1 atom stereocenters. The van der Waals surface area contributed by atoms with Gasteiger partial charge in [-0.25, -0.2) is 0 Å². The van der Waals surface area contributed by atoms with Gasteiger partial charge in [-0.15, -0.1) is 0 Å². The highest BCUT2D eigenvalue weighted by atomic mass is 14.9. The molecule has 1 N–H and O–H groups in total. The molecule has 1 aromatic carbocycles. The quantitative estimate of drug-likeness (QED) is 0.838. The van der Waals surface area contributed by atoms with Crippen LogP contribution in [0.1, 0.15) is 43.7 Å². The smallest absolute Gasteiger partial charge is 0.0641 e. The van der Waals surface area contributed by atoms with E-state index < -0.39 is 0 Å². The molecule has 1 unspecified atom stereocenters. The first-order valence-electron chi connectivity index (χ1n) is 6.55. The van der Waals surface area contributed by atoms with Crippen LogP contribution in [-0.2, 0) is 0 Å². The van der Waals surface area contributed by atoms with Gasteiger partial charge in [-0.05, 0) is 30.9 Å². The minimum Gasteiger partial charge on any atom is -0.309 e. The molecular formula is C15H20N2. The van der Waals surface area contributed by atoms with E-state index in [4.69, 9.17) is 5.26 Å². The minimum atomic E-state index is 0.196. The summed E-state index contributed by atoms with van der Waals surface area (Å²) in [5.74, 6) is 0.819. The fraction of sp³-hybridized carbons (Fsp3) is 0.533. The molecule has 90 valence electrons. The van der Waals surface area contributed by atoms with Crippen LogP contribution in [0.2, 0.25) is 0 Å². The van der Waals surface area contributed by atoms with Crippen LogP contribution >= 0.6 is 0 Å². The zero-order valence-corrected chi connectivity index (χ0v) is 10.2. The molecule has 1 saturated carbocycles. The zero-order chi connectivity index (χ0) is 11.9. The predicted molar refractivity (Wildman–Crippen MR) is 69.4 cm³/mol. The Bertz CT molecular complexity index is 360. The van der Waals surface area contributed by atoms with Crippen molar-refractivity contribution in [3.63, 3.8) is 0 Å². The normalized spacial score (nSPS) is 17.8. The molecule has 1 fully saturated rings. The van der Waals surface area contributed by atoms with Gasteiger partial charge in [0, 0.05) is 6.04 Å². The summed E-state index contributed by atoms with van der Waals surface area (Å²) < 4.78 is 0. The average Bonchev–Trinajstić information content (AvgIpc) is 2.88. The zero-order valence-electron chi connectivity index (χ0n) is 10.2. The fourth-order valence-corrected chi connectivity index (χ4v) is 2.61. The van der Waals surface area contributed by atoms with Crippen molar-refractivity contribution in [3.05, 3.63) is 35.9 Å². The van der Waals surface area contributed by atoms with Crippen LogP contribution in [0.5, 0.6) is 0 Å². The van der Waals surface area contributed by atoms with Gasteiger partial charge < -0.3 is 5.32 Å². The van der Waals surface area contributed by atoms with Crippen molar-refractivity contribution in [1.82, 2.24) is 5.32 Å². The van der Waals surface area contributed by atoms with Crippen molar-refractivity contribution in [1.29, 1.82) is 5.26 Å². The summed E-state index contributed by atoms with van der Waals surface area (Å²) in [6.45, 7) is 1.06. The maximum absolute atomic E-state index is 8.90. The topological polar surface area (TPSA) is 35.8 Å². The third-order valence-corrected chi connectivity index (χ3v) is 3.63. The van der Waals surface area contributed by atoms with Gasteiger partial charge in [-0.1, -0.05) is 43.2 Å². The molecule has 17 heavy (non-hydrogen) atoms. The molecule has 2 nitrogen and oxygen atoms in total. The van der Waals surface area contributed by atoms with Gasteiger partial charge in [0.15, 0.2) is 0 Å². The summed E-state index contributed by atoms with van der Waals surface area (Å²) in [5, 5.41) is 12.5. The van der Waals surface area contributed by atoms with Crippen LogP contribution in [0.3, 0.4) is 0 Å². The maximum atomic E-state index is 8.90. The van der Waals surface area contributed by atoms with Gasteiger partial charge in [0.05, 0.1) is 12.5 Å². The van der Waals surface area contributed by atoms with E-state index >= 15 is 0 Å². The monoisotopic (exact) mass is 228 g/mol. The lowest BCUT2D eigenvalue weighted by Crippen LogP contribution is -2.26.